The van der Waals surface area contributed by atoms with Gasteiger partial charge in [0.05, 0.1) is 21.1 Å². The zero-order valence-electron chi connectivity index (χ0n) is 17.4. The number of imidazole rings is 1. The number of halogens is 2. The molecule has 8 heteroatoms. The molecular weight excluding hydrogens is 435 g/mol. The third kappa shape index (κ3) is 4.86. The molecule has 4 rings (SSSR count). The van der Waals surface area contributed by atoms with Crippen LogP contribution in [0.2, 0.25) is 10.0 Å². The van der Waals surface area contributed by atoms with Crippen LogP contribution in [0.1, 0.15) is 24.7 Å². The van der Waals surface area contributed by atoms with E-state index < -0.39 is 0 Å². The van der Waals surface area contributed by atoms with E-state index in [1.807, 2.05) is 29.2 Å². The Morgan fingerprint density at radius 2 is 1.61 bits per heavy atom. The number of aromatic nitrogens is 2. The molecule has 1 saturated heterocycles. The normalized spacial score (nSPS) is 14.3. The molecule has 0 N–H and O–H groups in total. The van der Waals surface area contributed by atoms with E-state index in [0.29, 0.717) is 55.6 Å². The highest BCUT2D eigenvalue weighted by molar-refractivity contribution is 6.42. The summed E-state index contributed by atoms with van der Waals surface area (Å²) < 4.78 is 2.06. The highest BCUT2D eigenvalue weighted by Crippen LogP contribution is 2.29. The SMILES string of the molecule is CC(=O)N1CCN(C(=O)CCn2c(Cc3ccccc3)nc3cc(Cl)c(Cl)cc32)CC1. The lowest BCUT2D eigenvalue weighted by molar-refractivity contribution is -0.138. The summed E-state index contributed by atoms with van der Waals surface area (Å²) in [5.74, 6) is 1.00. The number of hydrogen-bond acceptors (Lipinski definition) is 3. The molecule has 162 valence electrons. The number of carbonyl (C=O) groups excluding carboxylic acids is 2. The first-order valence-electron chi connectivity index (χ1n) is 10.3. The quantitative estimate of drug-likeness (QED) is 0.579. The van der Waals surface area contributed by atoms with Gasteiger partial charge in [0.15, 0.2) is 0 Å². The Labute approximate surface area is 191 Å². The number of hydrogen-bond donors (Lipinski definition) is 0. The molecule has 2 heterocycles. The number of nitrogens with zero attached hydrogens (tertiary/aromatic N) is 4. The number of carbonyl (C=O) groups is 2. The van der Waals surface area contributed by atoms with Gasteiger partial charge < -0.3 is 14.4 Å². The first kappa shape index (κ1) is 21.7. The lowest BCUT2D eigenvalue weighted by atomic mass is 10.1. The van der Waals surface area contributed by atoms with E-state index in [2.05, 4.69) is 16.7 Å². The monoisotopic (exact) mass is 458 g/mol. The largest absolute Gasteiger partial charge is 0.339 e. The van der Waals surface area contributed by atoms with Crippen molar-refractivity contribution in [3.05, 3.63) is 63.9 Å². The van der Waals surface area contributed by atoms with Crippen LogP contribution in [0.25, 0.3) is 11.0 Å². The van der Waals surface area contributed by atoms with Crippen LogP contribution >= 0.6 is 23.2 Å². The van der Waals surface area contributed by atoms with Crippen LogP contribution in [0.15, 0.2) is 42.5 Å². The van der Waals surface area contributed by atoms with Gasteiger partial charge in [-0.2, -0.15) is 0 Å². The molecule has 31 heavy (non-hydrogen) atoms. The Morgan fingerprint density at radius 3 is 2.29 bits per heavy atom. The zero-order valence-corrected chi connectivity index (χ0v) is 18.9. The molecule has 0 spiro atoms. The molecule has 3 aromatic rings. The summed E-state index contributed by atoms with van der Waals surface area (Å²) in [6.45, 7) is 4.38. The number of benzene rings is 2. The van der Waals surface area contributed by atoms with Crippen molar-refractivity contribution in [3.63, 3.8) is 0 Å². The summed E-state index contributed by atoms with van der Waals surface area (Å²) >= 11 is 12.5. The Hall–Kier alpha value is -2.57. The highest BCUT2D eigenvalue weighted by Gasteiger charge is 2.23. The number of rotatable bonds is 5. The summed E-state index contributed by atoms with van der Waals surface area (Å²) in [7, 11) is 0. The molecule has 1 aliphatic heterocycles. The molecule has 2 amide bonds. The molecular formula is C23H24Cl2N4O2. The van der Waals surface area contributed by atoms with Crippen LogP contribution in [0, 0.1) is 0 Å². The standard InChI is InChI=1S/C23H24Cl2N4O2/c1-16(30)27-9-11-28(12-10-27)23(31)7-8-29-21-15-19(25)18(24)14-20(21)26-22(29)13-17-5-3-2-4-6-17/h2-6,14-15H,7-13H2,1H3. The second kappa shape index (κ2) is 9.28. The van der Waals surface area contributed by atoms with Gasteiger partial charge in [0.25, 0.3) is 0 Å². The van der Waals surface area contributed by atoms with E-state index in [-0.39, 0.29) is 11.8 Å². The Balaban J connectivity index is 1.54. The molecule has 1 fully saturated rings. The van der Waals surface area contributed by atoms with Crippen molar-refractivity contribution in [1.82, 2.24) is 19.4 Å². The summed E-state index contributed by atoms with van der Waals surface area (Å²) in [4.78, 5) is 32.7. The average molecular weight is 459 g/mol. The molecule has 1 aliphatic rings. The van der Waals surface area contributed by atoms with E-state index in [1.54, 1.807) is 17.9 Å². The Bertz CT molecular complexity index is 1110. The van der Waals surface area contributed by atoms with E-state index in [1.165, 1.54) is 0 Å². The maximum Gasteiger partial charge on any atom is 0.224 e. The molecule has 0 aliphatic carbocycles. The van der Waals surface area contributed by atoms with Gasteiger partial charge in [-0.05, 0) is 17.7 Å². The third-order valence-corrected chi connectivity index (χ3v) is 6.42. The van der Waals surface area contributed by atoms with E-state index in [4.69, 9.17) is 28.2 Å². The molecule has 1 aromatic heterocycles. The second-order valence-electron chi connectivity index (χ2n) is 7.73. The number of piperazine rings is 1. The topological polar surface area (TPSA) is 58.4 Å². The van der Waals surface area contributed by atoms with Gasteiger partial charge in [-0.15, -0.1) is 0 Å². The van der Waals surface area contributed by atoms with Crippen LogP contribution in [0.3, 0.4) is 0 Å². The first-order chi connectivity index (χ1) is 14.9. The predicted molar refractivity (Wildman–Crippen MR) is 122 cm³/mol. The molecule has 6 nitrogen and oxygen atoms in total. The predicted octanol–water partition coefficient (Wildman–Crippen LogP) is 4.01. The van der Waals surface area contributed by atoms with Crippen LogP contribution in [-0.2, 0) is 22.6 Å². The van der Waals surface area contributed by atoms with Crippen LogP contribution in [0.5, 0.6) is 0 Å². The minimum absolute atomic E-state index is 0.0538. The van der Waals surface area contributed by atoms with E-state index in [0.717, 1.165) is 22.4 Å². The van der Waals surface area contributed by atoms with Crippen molar-refractivity contribution in [3.8, 4) is 0 Å². The first-order valence-corrected chi connectivity index (χ1v) is 11.1. The van der Waals surface area contributed by atoms with Gasteiger partial charge in [0.2, 0.25) is 11.8 Å². The van der Waals surface area contributed by atoms with E-state index >= 15 is 0 Å². The van der Waals surface area contributed by atoms with Crippen LogP contribution in [0.4, 0.5) is 0 Å². The molecule has 0 radical (unpaired) electrons. The summed E-state index contributed by atoms with van der Waals surface area (Å²) in [5.41, 5.74) is 2.78. The zero-order chi connectivity index (χ0) is 22.0. The van der Waals surface area contributed by atoms with Crippen molar-refractivity contribution in [2.45, 2.75) is 26.3 Å². The van der Waals surface area contributed by atoms with Gasteiger partial charge in [0.1, 0.15) is 5.82 Å². The molecule has 0 saturated carbocycles. The van der Waals surface area contributed by atoms with Gasteiger partial charge in [-0.3, -0.25) is 9.59 Å². The third-order valence-electron chi connectivity index (χ3n) is 5.70. The summed E-state index contributed by atoms with van der Waals surface area (Å²) in [6.07, 6.45) is 1.00. The van der Waals surface area contributed by atoms with Gasteiger partial charge in [-0.25, -0.2) is 4.98 Å². The fraction of sp³-hybridized carbons (Fsp3) is 0.348. The summed E-state index contributed by atoms with van der Waals surface area (Å²) in [6, 6.07) is 13.7. The van der Waals surface area contributed by atoms with Crippen molar-refractivity contribution in [2.75, 3.05) is 26.2 Å². The minimum Gasteiger partial charge on any atom is -0.339 e. The maximum atomic E-state index is 12.8. The molecule has 0 unspecified atom stereocenters. The lowest BCUT2D eigenvalue weighted by Gasteiger charge is -2.34. The molecule has 0 bridgehead atoms. The Morgan fingerprint density at radius 1 is 0.968 bits per heavy atom. The minimum atomic E-state index is 0.0538. The van der Waals surface area contributed by atoms with Crippen molar-refractivity contribution < 1.29 is 9.59 Å². The van der Waals surface area contributed by atoms with Crippen molar-refractivity contribution in [2.24, 2.45) is 0 Å². The van der Waals surface area contributed by atoms with Crippen LogP contribution in [-0.4, -0.2) is 57.3 Å². The average Bonchev–Trinajstić information content (AvgIpc) is 3.08. The number of fused-ring (bicyclic) bond motifs is 1. The molecule has 2 aromatic carbocycles. The lowest BCUT2D eigenvalue weighted by Crippen LogP contribution is -2.50. The van der Waals surface area contributed by atoms with Gasteiger partial charge >= 0.3 is 0 Å². The van der Waals surface area contributed by atoms with Crippen molar-refractivity contribution >= 4 is 46.0 Å². The maximum absolute atomic E-state index is 12.8. The van der Waals surface area contributed by atoms with Gasteiger partial charge in [0, 0.05) is 52.5 Å². The van der Waals surface area contributed by atoms with Crippen LogP contribution < -0.4 is 0 Å². The second-order valence-corrected chi connectivity index (χ2v) is 8.55. The Kier molecular flexibility index (Phi) is 6.49. The number of amides is 2. The molecule has 0 atom stereocenters. The number of aryl methyl sites for hydroxylation is 1. The fourth-order valence-corrected chi connectivity index (χ4v) is 4.29. The smallest absolute Gasteiger partial charge is 0.224 e. The summed E-state index contributed by atoms with van der Waals surface area (Å²) in [5, 5.41) is 0.928. The van der Waals surface area contributed by atoms with E-state index in [9.17, 15) is 9.59 Å². The van der Waals surface area contributed by atoms with Crippen molar-refractivity contribution in [1.29, 1.82) is 0 Å². The van der Waals surface area contributed by atoms with Gasteiger partial charge in [-0.1, -0.05) is 53.5 Å². The fourth-order valence-electron chi connectivity index (χ4n) is 3.97. The highest BCUT2D eigenvalue weighted by atomic mass is 35.5.